The quantitative estimate of drug-likeness (QED) is 0.760. The van der Waals surface area contributed by atoms with Gasteiger partial charge in [0.2, 0.25) is 17.7 Å². The Balaban J connectivity index is 1.33. The van der Waals surface area contributed by atoms with Gasteiger partial charge in [-0.3, -0.25) is 19.3 Å². The van der Waals surface area contributed by atoms with E-state index in [0.717, 1.165) is 67.3 Å². The van der Waals surface area contributed by atoms with Gasteiger partial charge in [0.25, 0.3) is 0 Å². The Morgan fingerprint density at radius 3 is 2.83 bits per heavy atom. The molecular formula is C23H27N3O4. The van der Waals surface area contributed by atoms with Gasteiger partial charge in [-0.05, 0) is 55.9 Å². The molecule has 2 fully saturated rings. The first-order valence-corrected chi connectivity index (χ1v) is 10.8. The van der Waals surface area contributed by atoms with Gasteiger partial charge in [0.05, 0.1) is 18.6 Å². The maximum absolute atomic E-state index is 12.9. The van der Waals surface area contributed by atoms with Crippen molar-refractivity contribution in [3.63, 3.8) is 0 Å². The summed E-state index contributed by atoms with van der Waals surface area (Å²) in [4.78, 5) is 42.7. The van der Waals surface area contributed by atoms with Crippen LogP contribution in [0.2, 0.25) is 0 Å². The zero-order valence-electron chi connectivity index (χ0n) is 17.3. The Bertz CT molecular complexity index is 1030. The van der Waals surface area contributed by atoms with Crippen LogP contribution in [0.15, 0.2) is 18.2 Å². The fourth-order valence-electron chi connectivity index (χ4n) is 5.56. The minimum Gasteiger partial charge on any atom is -0.497 e. The topological polar surface area (TPSA) is 91.5 Å². The van der Waals surface area contributed by atoms with Gasteiger partial charge in [-0.15, -0.1) is 0 Å². The second kappa shape index (κ2) is 7.15. The summed E-state index contributed by atoms with van der Waals surface area (Å²) in [6.45, 7) is -0.181. The van der Waals surface area contributed by atoms with Crippen LogP contribution in [0, 0.1) is 5.41 Å². The molecule has 1 spiro atoms. The summed E-state index contributed by atoms with van der Waals surface area (Å²) >= 11 is 0. The number of hydrogen-bond acceptors (Lipinski definition) is 4. The number of carbonyl (C=O) groups excluding carboxylic acids is 3. The molecular weight excluding hydrogens is 382 g/mol. The van der Waals surface area contributed by atoms with E-state index in [-0.39, 0.29) is 36.7 Å². The molecule has 5 rings (SSSR count). The van der Waals surface area contributed by atoms with Crippen LogP contribution in [0.25, 0.3) is 10.9 Å². The number of aromatic amines is 1. The maximum atomic E-state index is 12.9. The van der Waals surface area contributed by atoms with E-state index in [0.29, 0.717) is 0 Å². The minimum atomic E-state index is -0.536. The molecule has 3 amide bonds. The number of benzene rings is 1. The molecule has 1 atom stereocenters. The van der Waals surface area contributed by atoms with E-state index in [2.05, 4.69) is 10.3 Å². The highest BCUT2D eigenvalue weighted by molar-refractivity contribution is 6.08. The summed E-state index contributed by atoms with van der Waals surface area (Å²) in [5.74, 6) is 0.171. The van der Waals surface area contributed by atoms with E-state index >= 15 is 0 Å². The average molecular weight is 409 g/mol. The molecule has 0 bridgehead atoms. The molecule has 3 aliphatic rings. The summed E-state index contributed by atoms with van der Waals surface area (Å²) in [6.07, 6.45) is 6.49. The van der Waals surface area contributed by atoms with Gasteiger partial charge in [0.15, 0.2) is 0 Å². The van der Waals surface area contributed by atoms with Crippen molar-refractivity contribution in [3.8, 4) is 5.75 Å². The van der Waals surface area contributed by atoms with Crippen LogP contribution in [-0.2, 0) is 20.8 Å². The van der Waals surface area contributed by atoms with E-state index in [4.69, 9.17) is 4.74 Å². The zero-order valence-corrected chi connectivity index (χ0v) is 17.3. The van der Waals surface area contributed by atoms with Crippen LogP contribution in [0.1, 0.15) is 62.2 Å². The van der Waals surface area contributed by atoms with Crippen molar-refractivity contribution < 1.29 is 19.1 Å². The van der Waals surface area contributed by atoms with Crippen molar-refractivity contribution in [1.82, 2.24) is 15.2 Å². The highest BCUT2D eigenvalue weighted by Crippen LogP contribution is 2.46. The SMILES string of the molecule is COc1ccc2[nH]c3c(c2c1)CCCC3NC(=O)CN1C(=O)CC2(CCCC2)C1=O. The van der Waals surface area contributed by atoms with E-state index < -0.39 is 5.41 Å². The van der Waals surface area contributed by atoms with E-state index in [1.807, 2.05) is 18.2 Å². The number of aryl methyl sites for hydroxylation is 1. The third-order valence-electron chi connectivity index (χ3n) is 7.10. The van der Waals surface area contributed by atoms with Crippen LogP contribution in [0.4, 0.5) is 0 Å². The third-order valence-corrected chi connectivity index (χ3v) is 7.10. The number of nitrogens with zero attached hydrogens (tertiary/aromatic N) is 1. The predicted octanol–water partition coefficient (Wildman–Crippen LogP) is 2.99. The normalized spacial score (nSPS) is 22.7. The van der Waals surface area contributed by atoms with Crippen LogP contribution in [0.3, 0.4) is 0 Å². The molecule has 158 valence electrons. The fourth-order valence-corrected chi connectivity index (χ4v) is 5.56. The van der Waals surface area contributed by atoms with Gasteiger partial charge in [0.1, 0.15) is 12.3 Å². The van der Waals surface area contributed by atoms with Gasteiger partial charge >= 0.3 is 0 Å². The summed E-state index contributed by atoms with van der Waals surface area (Å²) < 4.78 is 5.36. The summed E-state index contributed by atoms with van der Waals surface area (Å²) in [5, 5.41) is 4.19. The molecule has 1 saturated carbocycles. The molecule has 1 aromatic carbocycles. The molecule has 2 aliphatic carbocycles. The number of H-pyrrole nitrogens is 1. The second-order valence-electron chi connectivity index (χ2n) is 8.89. The number of rotatable bonds is 4. The van der Waals surface area contributed by atoms with Crippen molar-refractivity contribution in [2.75, 3.05) is 13.7 Å². The molecule has 2 aromatic rings. The fraction of sp³-hybridized carbons (Fsp3) is 0.522. The number of fused-ring (bicyclic) bond motifs is 3. The molecule has 2 N–H and O–H groups in total. The summed E-state index contributed by atoms with van der Waals surface area (Å²) in [6, 6.07) is 5.79. The molecule has 1 unspecified atom stereocenters. The molecule has 1 aliphatic heterocycles. The molecule has 1 aromatic heterocycles. The highest BCUT2D eigenvalue weighted by atomic mass is 16.5. The number of carbonyl (C=O) groups is 3. The lowest BCUT2D eigenvalue weighted by Crippen LogP contribution is -2.43. The largest absolute Gasteiger partial charge is 0.497 e. The van der Waals surface area contributed by atoms with Gasteiger partial charge in [0, 0.05) is 23.0 Å². The van der Waals surface area contributed by atoms with Gasteiger partial charge in [-0.25, -0.2) is 0 Å². The lowest BCUT2D eigenvalue weighted by atomic mass is 9.84. The first kappa shape index (κ1) is 19.2. The number of amides is 3. The van der Waals surface area contributed by atoms with Gasteiger partial charge in [-0.2, -0.15) is 0 Å². The molecule has 2 heterocycles. The van der Waals surface area contributed by atoms with Crippen LogP contribution < -0.4 is 10.1 Å². The van der Waals surface area contributed by atoms with Gasteiger partial charge in [-0.1, -0.05) is 12.8 Å². The summed E-state index contributed by atoms with van der Waals surface area (Å²) in [7, 11) is 1.65. The minimum absolute atomic E-state index is 0.145. The Morgan fingerprint density at radius 1 is 1.27 bits per heavy atom. The van der Waals surface area contributed by atoms with Gasteiger partial charge < -0.3 is 15.0 Å². The first-order chi connectivity index (χ1) is 14.5. The number of methoxy groups -OCH3 is 1. The molecule has 1 saturated heterocycles. The second-order valence-corrected chi connectivity index (χ2v) is 8.89. The van der Waals surface area contributed by atoms with Crippen LogP contribution in [0.5, 0.6) is 5.75 Å². The van der Waals surface area contributed by atoms with Crippen LogP contribution >= 0.6 is 0 Å². The molecule has 7 heteroatoms. The lowest BCUT2D eigenvalue weighted by molar-refractivity contribution is -0.145. The van der Waals surface area contributed by atoms with Crippen LogP contribution in [-0.4, -0.2) is 41.3 Å². The predicted molar refractivity (Wildman–Crippen MR) is 111 cm³/mol. The number of nitrogens with one attached hydrogen (secondary N) is 2. The van der Waals surface area contributed by atoms with Crippen molar-refractivity contribution in [2.45, 2.75) is 57.4 Å². The Morgan fingerprint density at radius 2 is 2.07 bits per heavy atom. The van der Waals surface area contributed by atoms with Crippen molar-refractivity contribution >= 4 is 28.6 Å². The first-order valence-electron chi connectivity index (χ1n) is 10.8. The number of aromatic nitrogens is 1. The Labute approximate surface area is 175 Å². The molecule has 30 heavy (non-hydrogen) atoms. The van der Waals surface area contributed by atoms with E-state index in [9.17, 15) is 14.4 Å². The highest BCUT2D eigenvalue weighted by Gasteiger charge is 2.52. The molecule has 0 radical (unpaired) electrons. The molecule has 7 nitrogen and oxygen atoms in total. The van der Waals surface area contributed by atoms with E-state index in [1.54, 1.807) is 7.11 Å². The zero-order chi connectivity index (χ0) is 20.9. The third kappa shape index (κ3) is 2.99. The Kier molecular flexibility index (Phi) is 4.56. The van der Waals surface area contributed by atoms with Crippen molar-refractivity contribution in [3.05, 3.63) is 29.5 Å². The van der Waals surface area contributed by atoms with Crippen molar-refractivity contribution in [1.29, 1.82) is 0 Å². The average Bonchev–Trinajstić information content (AvgIpc) is 3.42. The monoisotopic (exact) mass is 409 g/mol. The maximum Gasteiger partial charge on any atom is 0.240 e. The standard InChI is InChI=1S/C23H27N3O4/c1-30-14-7-8-17-16(11-14)15-5-4-6-18(21(15)25-17)24-19(27)13-26-20(28)12-23(22(26)29)9-2-3-10-23/h7-8,11,18,25H,2-6,9-10,12-13H2,1H3,(H,24,27). The number of imide groups is 1. The van der Waals surface area contributed by atoms with Crippen molar-refractivity contribution in [2.24, 2.45) is 5.41 Å². The lowest BCUT2D eigenvalue weighted by Gasteiger charge is -2.25. The smallest absolute Gasteiger partial charge is 0.240 e. The number of likely N-dealkylation sites (tertiary alicyclic amines) is 1. The number of hydrogen-bond donors (Lipinski definition) is 2. The summed E-state index contributed by atoms with van der Waals surface area (Å²) in [5.41, 5.74) is 2.71. The van der Waals surface area contributed by atoms with E-state index in [1.165, 1.54) is 10.5 Å². The number of ether oxygens (including phenoxy) is 1. The Hall–Kier alpha value is -2.83.